The Morgan fingerprint density at radius 1 is 1.69 bits per heavy atom. The number of aromatic nitrogens is 4. The molecule has 0 bridgehead atoms. The third-order valence-electron chi connectivity index (χ3n) is 2.33. The van der Waals surface area contributed by atoms with Gasteiger partial charge in [0.1, 0.15) is 0 Å². The molecule has 2 rings (SSSR count). The summed E-state index contributed by atoms with van der Waals surface area (Å²) >= 11 is 4.98. The second-order valence-electron chi connectivity index (χ2n) is 3.16. The van der Waals surface area contributed by atoms with Crippen LogP contribution in [0.4, 0.5) is 0 Å². The largest absolute Gasteiger partial charge is 0.378 e. The van der Waals surface area contributed by atoms with E-state index in [4.69, 9.17) is 17.0 Å². The summed E-state index contributed by atoms with van der Waals surface area (Å²) in [7, 11) is 0. The number of tetrazole rings is 1. The SMILES string of the molecule is CCOC1CC(n2[nH]nnc2=S)C1. The molecular formula is C7H12N4OS. The summed E-state index contributed by atoms with van der Waals surface area (Å²) in [5.74, 6) is 0. The quantitative estimate of drug-likeness (QED) is 0.742. The number of rotatable bonds is 3. The average molecular weight is 200 g/mol. The van der Waals surface area contributed by atoms with E-state index in [9.17, 15) is 0 Å². The van der Waals surface area contributed by atoms with Crippen molar-refractivity contribution in [1.29, 1.82) is 0 Å². The molecule has 6 heteroatoms. The molecule has 1 aromatic heterocycles. The molecule has 0 aromatic carbocycles. The van der Waals surface area contributed by atoms with Gasteiger partial charge in [-0.3, -0.25) is 0 Å². The van der Waals surface area contributed by atoms with Crippen LogP contribution in [0.3, 0.4) is 0 Å². The molecule has 0 saturated heterocycles. The minimum absolute atomic E-state index is 0.389. The van der Waals surface area contributed by atoms with Crippen molar-refractivity contribution in [2.45, 2.75) is 31.9 Å². The Morgan fingerprint density at radius 2 is 2.46 bits per heavy atom. The number of hydrogen-bond donors (Lipinski definition) is 1. The van der Waals surface area contributed by atoms with Crippen molar-refractivity contribution in [2.75, 3.05) is 6.61 Å². The maximum atomic E-state index is 5.44. The van der Waals surface area contributed by atoms with Crippen LogP contribution in [0.5, 0.6) is 0 Å². The van der Waals surface area contributed by atoms with E-state index in [0.717, 1.165) is 19.4 Å². The minimum Gasteiger partial charge on any atom is -0.378 e. The number of ether oxygens (including phenoxy) is 1. The lowest BCUT2D eigenvalue weighted by molar-refractivity contribution is -0.0235. The zero-order chi connectivity index (χ0) is 9.26. The van der Waals surface area contributed by atoms with Crippen molar-refractivity contribution in [3.63, 3.8) is 0 Å². The van der Waals surface area contributed by atoms with Gasteiger partial charge in [0.2, 0.25) is 4.77 Å². The summed E-state index contributed by atoms with van der Waals surface area (Å²) in [5, 5.41) is 10.1. The smallest absolute Gasteiger partial charge is 0.238 e. The van der Waals surface area contributed by atoms with Gasteiger partial charge in [0, 0.05) is 6.61 Å². The van der Waals surface area contributed by atoms with Crippen LogP contribution in [0.15, 0.2) is 0 Å². The first-order chi connectivity index (χ1) is 6.31. The molecule has 0 spiro atoms. The monoisotopic (exact) mass is 200 g/mol. The fraction of sp³-hybridized carbons (Fsp3) is 0.857. The van der Waals surface area contributed by atoms with Gasteiger partial charge in [0.05, 0.1) is 12.1 Å². The molecule has 0 radical (unpaired) electrons. The van der Waals surface area contributed by atoms with Gasteiger partial charge in [0.15, 0.2) is 0 Å². The molecule has 5 nitrogen and oxygen atoms in total. The summed E-state index contributed by atoms with van der Waals surface area (Å²) in [6, 6.07) is 0.402. The van der Waals surface area contributed by atoms with E-state index in [-0.39, 0.29) is 0 Å². The van der Waals surface area contributed by atoms with E-state index in [1.54, 1.807) is 0 Å². The van der Waals surface area contributed by atoms with Crippen LogP contribution in [0.2, 0.25) is 0 Å². The molecule has 0 amide bonds. The molecule has 1 heterocycles. The molecule has 1 aliphatic carbocycles. The number of H-pyrrole nitrogens is 1. The van der Waals surface area contributed by atoms with Gasteiger partial charge in [-0.1, -0.05) is 10.3 Å². The first-order valence-corrected chi connectivity index (χ1v) is 4.83. The van der Waals surface area contributed by atoms with Gasteiger partial charge < -0.3 is 4.74 Å². The van der Waals surface area contributed by atoms with E-state index in [1.807, 2.05) is 11.6 Å². The summed E-state index contributed by atoms with van der Waals surface area (Å²) in [4.78, 5) is 0. The average Bonchev–Trinajstić information content (AvgIpc) is 2.43. The van der Waals surface area contributed by atoms with Gasteiger partial charge >= 0.3 is 0 Å². The summed E-state index contributed by atoms with van der Waals surface area (Å²) in [6.45, 7) is 2.79. The molecule has 1 aliphatic rings. The zero-order valence-corrected chi connectivity index (χ0v) is 8.25. The highest BCUT2D eigenvalue weighted by molar-refractivity contribution is 7.71. The van der Waals surface area contributed by atoms with E-state index in [0.29, 0.717) is 16.9 Å². The lowest BCUT2D eigenvalue weighted by atomic mass is 9.89. The predicted octanol–water partition coefficient (Wildman–Crippen LogP) is 1.08. The first-order valence-electron chi connectivity index (χ1n) is 4.42. The van der Waals surface area contributed by atoms with Crippen LogP contribution in [-0.4, -0.2) is 32.9 Å². The Bertz CT molecular complexity index is 327. The zero-order valence-electron chi connectivity index (χ0n) is 7.43. The Balaban J connectivity index is 1.94. The highest BCUT2D eigenvalue weighted by atomic mass is 32.1. The number of aromatic amines is 1. The van der Waals surface area contributed by atoms with Crippen LogP contribution in [0.25, 0.3) is 0 Å². The molecule has 1 N–H and O–H groups in total. The fourth-order valence-corrected chi connectivity index (χ4v) is 1.79. The number of nitrogens with one attached hydrogen (secondary N) is 1. The summed E-state index contributed by atoms with van der Waals surface area (Å²) in [5.41, 5.74) is 0. The van der Waals surface area contributed by atoms with Crippen LogP contribution >= 0.6 is 12.2 Å². The second kappa shape index (κ2) is 3.55. The van der Waals surface area contributed by atoms with Crippen molar-refractivity contribution in [2.24, 2.45) is 0 Å². The molecule has 13 heavy (non-hydrogen) atoms. The maximum absolute atomic E-state index is 5.44. The standard InChI is InChI=1S/C7H12N4OS/c1-2-12-6-3-5(4-6)11-7(13)8-9-10-11/h5-6H,2-4H2,1H3,(H,8,10,13). The summed E-state index contributed by atoms with van der Waals surface area (Å²) in [6.07, 6.45) is 2.40. The second-order valence-corrected chi connectivity index (χ2v) is 3.52. The van der Waals surface area contributed by atoms with Gasteiger partial charge in [0.25, 0.3) is 0 Å². The molecule has 72 valence electrons. The molecule has 0 atom stereocenters. The van der Waals surface area contributed by atoms with Crippen LogP contribution in [0, 0.1) is 4.77 Å². The molecule has 1 saturated carbocycles. The maximum Gasteiger partial charge on any atom is 0.238 e. The third-order valence-corrected chi connectivity index (χ3v) is 2.61. The first kappa shape index (κ1) is 8.83. The van der Waals surface area contributed by atoms with Crippen LogP contribution < -0.4 is 0 Å². The molecular weight excluding hydrogens is 188 g/mol. The topological polar surface area (TPSA) is 55.7 Å². The van der Waals surface area contributed by atoms with Crippen molar-refractivity contribution in [1.82, 2.24) is 20.2 Å². The Hall–Kier alpha value is -0.750. The van der Waals surface area contributed by atoms with Crippen molar-refractivity contribution in [3.8, 4) is 0 Å². The van der Waals surface area contributed by atoms with Gasteiger partial charge in [-0.25, -0.2) is 4.68 Å². The lowest BCUT2D eigenvalue weighted by Gasteiger charge is -2.34. The van der Waals surface area contributed by atoms with Gasteiger partial charge in [-0.2, -0.15) is 5.21 Å². The summed E-state index contributed by atoms with van der Waals surface area (Å²) < 4.78 is 7.80. The number of hydrogen-bond acceptors (Lipinski definition) is 4. The highest BCUT2D eigenvalue weighted by Gasteiger charge is 2.31. The Morgan fingerprint density at radius 3 is 3.00 bits per heavy atom. The Labute approximate surface area is 81.1 Å². The Kier molecular flexibility index (Phi) is 2.41. The van der Waals surface area contributed by atoms with E-state index in [1.165, 1.54) is 0 Å². The highest BCUT2D eigenvalue weighted by Crippen LogP contribution is 2.33. The molecule has 1 aromatic rings. The predicted molar refractivity (Wildman–Crippen MR) is 48.9 cm³/mol. The lowest BCUT2D eigenvalue weighted by Crippen LogP contribution is -2.34. The van der Waals surface area contributed by atoms with Gasteiger partial charge in [-0.15, -0.1) is 0 Å². The van der Waals surface area contributed by atoms with Crippen LogP contribution in [-0.2, 0) is 4.74 Å². The van der Waals surface area contributed by atoms with E-state index < -0.39 is 0 Å². The van der Waals surface area contributed by atoms with Gasteiger partial charge in [-0.05, 0) is 32.0 Å². The van der Waals surface area contributed by atoms with E-state index >= 15 is 0 Å². The van der Waals surface area contributed by atoms with Crippen molar-refractivity contribution >= 4 is 12.2 Å². The van der Waals surface area contributed by atoms with Crippen LogP contribution in [0.1, 0.15) is 25.8 Å². The third kappa shape index (κ3) is 1.64. The van der Waals surface area contributed by atoms with Crippen molar-refractivity contribution in [3.05, 3.63) is 4.77 Å². The molecule has 0 unspecified atom stereocenters. The van der Waals surface area contributed by atoms with Crippen molar-refractivity contribution < 1.29 is 4.74 Å². The minimum atomic E-state index is 0.389. The number of nitrogens with zero attached hydrogens (tertiary/aromatic N) is 3. The fourth-order valence-electron chi connectivity index (χ4n) is 1.56. The normalized spacial score (nSPS) is 27.2. The molecule has 1 fully saturated rings. The van der Waals surface area contributed by atoms with E-state index in [2.05, 4.69) is 15.5 Å². The molecule has 0 aliphatic heterocycles.